The van der Waals surface area contributed by atoms with E-state index in [1.807, 2.05) is 49.1 Å². The van der Waals surface area contributed by atoms with E-state index in [0.717, 1.165) is 17.1 Å². The molecule has 0 aliphatic carbocycles. The molecule has 1 aliphatic rings. The van der Waals surface area contributed by atoms with Gasteiger partial charge in [-0.3, -0.25) is 4.79 Å². The summed E-state index contributed by atoms with van der Waals surface area (Å²) < 4.78 is 1.80. The van der Waals surface area contributed by atoms with Crippen molar-refractivity contribution in [2.45, 2.75) is 20.3 Å². The first-order valence-corrected chi connectivity index (χ1v) is 11.0. The summed E-state index contributed by atoms with van der Waals surface area (Å²) in [4.78, 5) is 37.4. The molecule has 0 saturated carbocycles. The summed E-state index contributed by atoms with van der Waals surface area (Å²) in [5, 5.41) is 10.1. The number of piperazine rings is 1. The van der Waals surface area contributed by atoms with Crippen molar-refractivity contribution < 1.29 is 9.59 Å². The zero-order chi connectivity index (χ0) is 23.2. The van der Waals surface area contributed by atoms with E-state index in [1.165, 1.54) is 0 Å². The zero-order valence-corrected chi connectivity index (χ0v) is 18.9. The largest absolute Gasteiger partial charge is 0.339 e. The molecule has 0 bridgehead atoms. The van der Waals surface area contributed by atoms with E-state index < -0.39 is 0 Å². The number of aryl methyl sites for hydroxylation is 2. The normalized spacial score (nSPS) is 13.6. The number of aromatic nitrogens is 4. The first kappa shape index (κ1) is 22.3. The van der Waals surface area contributed by atoms with Gasteiger partial charge in [0.15, 0.2) is 0 Å². The van der Waals surface area contributed by atoms with Crippen LogP contribution in [0, 0.1) is 13.8 Å². The topological polar surface area (TPSA) is 108 Å². The molecule has 0 spiro atoms. The number of hydrogen-bond donors (Lipinski definition) is 2. The minimum atomic E-state index is -0.358. The molecule has 1 saturated heterocycles. The molecule has 2 aromatic heterocycles. The molecule has 10 nitrogen and oxygen atoms in total. The van der Waals surface area contributed by atoms with Crippen LogP contribution in [0.2, 0.25) is 0 Å². The molecular formula is C23H28N8O2. The lowest BCUT2D eigenvalue weighted by molar-refractivity contribution is -0.131. The van der Waals surface area contributed by atoms with Gasteiger partial charge in [-0.15, -0.1) is 0 Å². The lowest BCUT2D eigenvalue weighted by Crippen LogP contribution is -2.49. The van der Waals surface area contributed by atoms with Gasteiger partial charge in [0.25, 0.3) is 0 Å². The van der Waals surface area contributed by atoms with Crippen LogP contribution in [0.5, 0.6) is 0 Å². The predicted octanol–water partition coefficient (Wildman–Crippen LogP) is 2.14. The van der Waals surface area contributed by atoms with Crippen LogP contribution >= 0.6 is 0 Å². The van der Waals surface area contributed by atoms with Crippen molar-refractivity contribution in [1.82, 2.24) is 30.0 Å². The third kappa shape index (κ3) is 5.46. The predicted molar refractivity (Wildman–Crippen MR) is 126 cm³/mol. The van der Waals surface area contributed by atoms with E-state index in [9.17, 15) is 9.59 Å². The average molecular weight is 449 g/mol. The third-order valence-electron chi connectivity index (χ3n) is 5.48. The first-order valence-electron chi connectivity index (χ1n) is 11.0. The van der Waals surface area contributed by atoms with E-state index in [4.69, 9.17) is 0 Å². The van der Waals surface area contributed by atoms with Crippen molar-refractivity contribution in [3.63, 3.8) is 0 Å². The van der Waals surface area contributed by atoms with Gasteiger partial charge in [-0.25, -0.2) is 19.4 Å². The highest BCUT2D eigenvalue weighted by atomic mass is 16.2. The molecule has 1 aliphatic heterocycles. The van der Waals surface area contributed by atoms with Gasteiger partial charge in [0.1, 0.15) is 0 Å². The number of urea groups is 1. The minimum absolute atomic E-state index is 0.0203. The van der Waals surface area contributed by atoms with Crippen molar-refractivity contribution in [3.8, 4) is 5.69 Å². The van der Waals surface area contributed by atoms with Crippen molar-refractivity contribution in [2.75, 3.05) is 42.9 Å². The second-order valence-electron chi connectivity index (χ2n) is 7.90. The van der Waals surface area contributed by atoms with Crippen LogP contribution in [0.25, 0.3) is 5.69 Å². The summed E-state index contributed by atoms with van der Waals surface area (Å²) >= 11 is 0. The van der Waals surface area contributed by atoms with E-state index in [1.54, 1.807) is 23.1 Å². The Morgan fingerprint density at radius 2 is 1.73 bits per heavy atom. The monoisotopic (exact) mass is 448 g/mol. The summed E-state index contributed by atoms with van der Waals surface area (Å²) in [6.07, 6.45) is 3.67. The molecule has 3 amide bonds. The number of para-hydroxylation sites is 2. The Balaban J connectivity index is 1.24. The highest BCUT2D eigenvalue weighted by molar-refractivity contribution is 5.91. The van der Waals surface area contributed by atoms with Crippen LogP contribution in [-0.2, 0) is 4.79 Å². The molecule has 3 heterocycles. The van der Waals surface area contributed by atoms with Gasteiger partial charge in [-0.05, 0) is 38.1 Å². The summed E-state index contributed by atoms with van der Waals surface area (Å²) in [6.45, 7) is 6.75. The van der Waals surface area contributed by atoms with Crippen LogP contribution in [0.4, 0.5) is 16.4 Å². The van der Waals surface area contributed by atoms with Gasteiger partial charge in [-0.1, -0.05) is 12.1 Å². The number of carbonyl (C=O) groups excluding carboxylic acids is 2. The fourth-order valence-electron chi connectivity index (χ4n) is 3.85. The Labute approximate surface area is 192 Å². The number of nitrogens with zero attached hydrogens (tertiary/aromatic N) is 6. The molecular weight excluding hydrogens is 420 g/mol. The molecule has 2 N–H and O–H groups in total. The van der Waals surface area contributed by atoms with E-state index in [2.05, 4.69) is 30.6 Å². The first-order chi connectivity index (χ1) is 16.0. The molecule has 172 valence electrons. The number of hydrogen-bond acceptors (Lipinski definition) is 6. The third-order valence-corrected chi connectivity index (χ3v) is 5.48. The van der Waals surface area contributed by atoms with Crippen molar-refractivity contribution in [2.24, 2.45) is 0 Å². The highest BCUT2D eigenvalue weighted by Crippen LogP contribution is 2.21. The van der Waals surface area contributed by atoms with Crippen molar-refractivity contribution >= 4 is 23.6 Å². The smallest absolute Gasteiger partial charge is 0.319 e. The number of benzene rings is 1. The molecule has 0 atom stereocenters. The van der Waals surface area contributed by atoms with Crippen LogP contribution in [0.15, 0.2) is 48.8 Å². The Kier molecular flexibility index (Phi) is 6.82. The lowest BCUT2D eigenvalue weighted by atomic mass is 10.2. The van der Waals surface area contributed by atoms with Crippen molar-refractivity contribution in [1.29, 1.82) is 0 Å². The van der Waals surface area contributed by atoms with Crippen LogP contribution < -0.4 is 15.5 Å². The quantitative estimate of drug-likeness (QED) is 0.598. The van der Waals surface area contributed by atoms with Crippen molar-refractivity contribution in [3.05, 3.63) is 60.2 Å². The summed E-state index contributed by atoms with van der Waals surface area (Å²) in [5.74, 6) is 0.704. The van der Waals surface area contributed by atoms with E-state index >= 15 is 0 Å². The Morgan fingerprint density at radius 3 is 2.42 bits per heavy atom. The maximum absolute atomic E-state index is 12.6. The average Bonchev–Trinajstić information content (AvgIpc) is 3.17. The summed E-state index contributed by atoms with van der Waals surface area (Å²) in [6, 6.07) is 10.9. The molecule has 0 unspecified atom stereocenters. The molecule has 4 rings (SSSR count). The number of carbonyl (C=O) groups is 2. The van der Waals surface area contributed by atoms with E-state index in [0.29, 0.717) is 37.8 Å². The van der Waals surface area contributed by atoms with Crippen LogP contribution in [0.3, 0.4) is 0 Å². The van der Waals surface area contributed by atoms with Gasteiger partial charge >= 0.3 is 6.03 Å². The Hall–Kier alpha value is -3.95. The highest BCUT2D eigenvalue weighted by Gasteiger charge is 2.22. The lowest BCUT2D eigenvalue weighted by Gasteiger charge is -2.34. The second kappa shape index (κ2) is 10.1. The maximum Gasteiger partial charge on any atom is 0.319 e. The van der Waals surface area contributed by atoms with Gasteiger partial charge < -0.3 is 20.4 Å². The molecule has 1 aromatic carbocycles. The minimum Gasteiger partial charge on any atom is -0.339 e. The van der Waals surface area contributed by atoms with Gasteiger partial charge in [0, 0.05) is 57.2 Å². The molecule has 0 radical (unpaired) electrons. The van der Waals surface area contributed by atoms with Crippen LogP contribution in [0.1, 0.15) is 17.8 Å². The second-order valence-corrected chi connectivity index (χ2v) is 7.90. The summed E-state index contributed by atoms with van der Waals surface area (Å²) in [5.41, 5.74) is 3.32. The SMILES string of the molecule is Cc1cc(C)n(-c2ccccc2NC(=O)NCCC(=O)N2CCN(c3ncccn3)CC2)n1. The fraction of sp³-hybridized carbons (Fsp3) is 0.348. The summed E-state index contributed by atoms with van der Waals surface area (Å²) in [7, 11) is 0. The standard InChI is InChI=1S/C23H28N8O2/c1-17-16-18(2)31(28-17)20-7-4-3-6-19(20)27-23(33)26-11-8-21(32)29-12-14-30(15-13-29)22-24-9-5-10-25-22/h3-7,9-10,16H,8,11-15H2,1-2H3,(H2,26,27,33). The Morgan fingerprint density at radius 1 is 1.00 bits per heavy atom. The van der Waals surface area contributed by atoms with Gasteiger partial charge in [0.2, 0.25) is 11.9 Å². The van der Waals surface area contributed by atoms with Gasteiger partial charge in [-0.2, -0.15) is 5.10 Å². The molecule has 33 heavy (non-hydrogen) atoms. The zero-order valence-electron chi connectivity index (χ0n) is 18.9. The fourth-order valence-corrected chi connectivity index (χ4v) is 3.85. The number of rotatable bonds is 6. The molecule has 10 heteroatoms. The maximum atomic E-state index is 12.6. The van der Waals surface area contributed by atoms with E-state index in [-0.39, 0.29) is 24.9 Å². The Bertz CT molecular complexity index is 1110. The number of anilines is 2. The van der Waals surface area contributed by atoms with Crippen LogP contribution in [-0.4, -0.2) is 69.3 Å². The van der Waals surface area contributed by atoms with Gasteiger partial charge in [0.05, 0.1) is 17.1 Å². The molecule has 3 aromatic rings. The molecule has 1 fully saturated rings. The number of amides is 3. The number of nitrogens with one attached hydrogen (secondary N) is 2.